The summed E-state index contributed by atoms with van der Waals surface area (Å²) in [4.78, 5) is 11.2. The lowest BCUT2D eigenvalue weighted by Crippen LogP contribution is -2.10. The number of hydrogen-bond acceptors (Lipinski definition) is 4. The lowest BCUT2D eigenvalue weighted by atomic mass is 10.2. The molecule has 0 aliphatic rings. The van der Waals surface area contributed by atoms with Crippen LogP contribution in [0.4, 0.5) is 5.69 Å². The number of carbonyl (C=O) groups is 1. The molecule has 1 N–H and O–H groups in total. The molecule has 0 unspecified atom stereocenters. The van der Waals surface area contributed by atoms with Gasteiger partial charge in [0, 0.05) is 19.0 Å². The third-order valence-electron chi connectivity index (χ3n) is 3.67. The zero-order chi connectivity index (χ0) is 16.9. The predicted molar refractivity (Wildman–Crippen MR) is 91.8 cm³/mol. The van der Waals surface area contributed by atoms with Gasteiger partial charge in [-0.1, -0.05) is 37.3 Å². The van der Waals surface area contributed by atoms with Gasteiger partial charge in [-0.15, -0.1) is 10.2 Å². The van der Waals surface area contributed by atoms with Crippen LogP contribution in [0, 0.1) is 0 Å². The molecule has 0 aliphatic carbocycles. The first kappa shape index (κ1) is 16.1. The number of aromatic nitrogens is 3. The van der Waals surface area contributed by atoms with Crippen molar-refractivity contribution in [3.05, 3.63) is 60.0 Å². The minimum absolute atomic E-state index is 0.0799. The van der Waals surface area contributed by atoms with Crippen molar-refractivity contribution in [2.45, 2.75) is 26.4 Å². The third kappa shape index (κ3) is 3.78. The molecule has 0 saturated heterocycles. The van der Waals surface area contributed by atoms with E-state index < -0.39 is 0 Å². The molecule has 0 fully saturated rings. The van der Waals surface area contributed by atoms with Crippen LogP contribution < -0.4 is 5.32 Å². The van der Waals surface area contributed by atoms with Gasteiger partial charge in [-0.25, -0.2) is 0 Å². The number of carbonyl (C=O) groups excluding carboxylic acids is 1. The van der Waals surface area contributed by atoms with Crippen LogP contribution in [0.5, 0.6) is 0 Å². The van der Waals surface area contributed by atoms with Crippen molar-refractivity contribution in [3.8, 4) is 0 Å². The summed E-state index contributed by atoms with van der Waals surface area (Å²) in [5.41, 5.74) is 2.60. The van der Waals surface area contributed by atoms with Gasteiger partial charge in [0.1, 0.15) is 5.82 Å². The molecular formula is C18H20N4O2. The maximum Gasteiger partial charge on any atom is 0.221 e. The summed E-state index contributed by atoms with van der Waals surface area (Å²) in [5.74, 6) is 0.782. The molecule has 0 bridgehead atoms. The summed E-state index contributed by atoms with van der Waals surface area (Å²) in [6, 6.07) is 13.7. The number of hydrogen-bond donors (Lipinski definition) is 1. The molecule has 1 amide bonds. The average Bonchev–Trinajstić information content (AvgIpc) is 2.98. The number of nitrogens with zero attached hydrogens (tertiary/aromatic N) is 3. The van der Waals surface area contributed by atoms with E-state index in [0.29, 0.717) is 18.9 Å². The van der Waals surface area contributed by atoms with E-state index in [1.54, 1.807) is 0 Å². The number of benzene rings is 1. The first-order valence-electron chi connectivity index (χ1n) is 7.87. The molecule has 0 aliphatic heterocycles. The van der Waals surface area contributed by atoms with Crippen molar-refractivity contribution >= 4 is 17.2 Å². The highest BCUT2D eigenvalue weighted by Crippen LogP contribution is 2.18. The Labute approximate surface area is 140 Å². The van der Waals surface area contributed by atoms with E-state index >= 15 is 0 Å². The number of anilines is 1. The molecule has 0 radical (unpaired) electrons. The summed E-state index contributed by atoms with van der Waals surface area (Å²) in [6.07, 6.45) is 1.83. The van der Waals surface area contributed by atoms with Gasteiger partial charge in [0.15, 0.2) is 5.65 Å². The second-order valence-corrected chi connectivity index (χ2v) is 5.79. The van der Waals surface area contributed by atoms with Crippen molar-refractivity contribution in [3.63, 3.8) is 0 Å². The maximum atomic E-state index is 11.2. The topological polar surface area (TPSA) is 68.5 Å². The van der Waals surface area contributed by atoms with E-state index in [-0.39, 0.29) is 11.8 Å². The highest BCUT2D eigenvalue weighted by Gasteiger charge is 2.14. The van der Waals surface area contributed by atoms with Crippen LogP contribution in [0.1, 0.15) is 31.2 Å². The van der Waals surface area contributed by atoms with Crippen molar-refractivity contribution < 1.29 is 9.53 Å². The number of fused-ring (bicyclic) bond motifs is 1. The fraction of sp³-hybridized carbons (Fsp3) is 0.278. The number of rotatable bonds is 6. The van der Waals surface area contributed by atoms with Crippen LogP contribution in [0.25, 0.3) is 5.65 Å². The SMILES string of the molecule is CC(=O)Nc1ccc2nnc([C@H](C)COCc3ccccc3)n2c1. The molecule has 1 atom stereocenters. The summed E-state index contributed by atoms with van der Waals surface area (Å²) in [5, 5.41) is 11.2. The Morgan fingerprint density at radius 3 is 2.75 bits per heavy atom. The molecule has 2 aromatic heterocycles. The van der Waals surface area contributed by atoms with Gasteiger partial charge in [-0.05, 0) is 17.7 Å². The second-order valence-electron chi connectivity index (χ2n) is 5.79. The van der Waals surface area contributed by atoms with E-state index in [1.807, 2.05) is 60.0 Å². The van der Waals surface area contributed by atoms with Crippen molar-refractivity contribution in [1.82, 2.24) is 14.6 Å². The summed E-state index contributed by atoms with van der Waals surface area (Å²) in [6.45, 7) is 4.64. The van der Waals surface area contributed by atoms with Crippen molar-refractivity contribution in [2.24, 2.45) is 0 Å². The summed E-state index contributed by atoms with van der Waals surface area (Å²) < 4.78 is 7.69. The molecule has 3 aromatic rings. The lowest BCUT2D eigenvalue weighted by molar-refractivity contribution is -0.114. The molecule has 124 valence electrons. The summed E-state index contributed by atoms with van der Waals surface area (Å²) >= 11 is 0. The zero-order valence-electron chi connectivity index (χ0n) is 13.8. The van der Waals surface area contributed by atoms with Gasteiger partial charge in [-0.3, -0.25) is 9.20 Å². The number of ether oxygens (including phenoxy) is 1. The maximum absolute atomic E-state index is 11.2. The highest BCUT2D eigenvalue weighted by molar-refractivity contribution is 5.88. The molecule has 0 spiro atoms. The van der Waals surface area contributed by atoms with Gasteiger partial charge in [0.05, 0.1) is 18.9 Å². The van der Waals surface area contributed by atoms with Crippen LogP contribution in [0.15, 0.2) is 48.7 Å². The highest BCUT2D eigenvalue weighted by atomic mass is 16.5. The minimum Gasteiger partial charge on any atom is -0.376 e. The number of nitrogens with one attached hydrogen (secondary N) is 1. The molecule has 1 aromatic carbocycles. The van der Waals surface area contributed by atoms with Crippen LogP contribution in [-0.4, -0.2) is 27.1 Å². The molecule has 6 heteroatoms. The summed E-state index contributed by atoms with van der Waals surface area (Å²) in [7, 11) is 0. The van der Waals surface area contributed by atoms with E-state index in [0.717, 1.165) is 17.0 Å². The van der Waals surface area contributed by atoms with Gasteiger partial charge in [0.2, 0.25) is 5.91 Å². The zero-order valence-corrected chi connectivity index (χ0v) is 13.8. The number of amides is 1. The number of pyridine rings is 1. The smallest absolute Gasteiger partial charge is 0.221 e. The largest absolute Gasteiger partial charge is 0.376 e. The quantitative estimate of drug-likeness (QED) is 0.757. The third-order valence-corrected chi connectivity index (χ3v) is 3.67. The Morgan fingerprint density at radius 2 is 2.00 bits per heavy atom. The first-order valence-corrected chi connectivity index (χ1v) is 7.87. The van der Waals surface area contributed by atoms with E-state index in [1.165, 1.54) is 6.92 Å². The second kappa shape index (κ2) is 7.23. The molecule has 6 nitrogen and oxygen atoms in total. The Balaban J connectivity index is 1.69. The fourth-order valence-electron chi connectivity index (χ4n) is 2.52. The van der Waals surface area contributed by atoms with Gasteiger partial charge in [0.25, 0.3) is 0 Å². The standard InChI is InChI=1S/C18H20N4O2/c1-13(11-24-12-15-6-4-3-5-7-15)18-21-20-17-9-8-16(10-22(17)18)19-14(2)23/h3-10,13H,11-12H2,1-2H3,(H,19,23)/t13-/m1/s1. The molecular weight excluding hydrogens is 304 g/mol. The predicted octanol–water partition coefficient (Wildman–Crippen LogP) is 3.01. The van der Waals surface area contributed by atoms with Crippen LogP contribution in [0.2, 0.25) is 0 Å². The average molecular weight is 324 g/mol. The van der Waals surface area contributed by atoms with Gasteiger partial charge < -0.3 is 10.1 Å². The van der Waals surface area contributed by atoms with Gasteiger partial charge in [-0.2, -0.15) is 0 Å². The first-order chi connectivity index (χ1) is 11.6. The van der Waals surface area contributed by atoms with Crippen LogP contribution >= 0.6 is 0 Å². The molecule has 3 rings (SSSR count). The van der Waals surface area contributed by atoms with Crippen LogP contribution in [-0.2, 0) is 16.1 Å². The van der Waals surface area contributed by atoms with Crippen molar-refractivity contribution in [2.75, 3.05) is 11.9 Å². The monoisotopic (exact) mass is 324 g/mol. The Bertz CT molecular complexity index is 829. The van der Waals surface area contributed by atoms with Crippen LogP contribution in [0.3, 0.4) is 0 Å². The van der Waals surface area contributed by atoms with E-state index in [2.05, 4.69) is 15.5 Å². The Kier molecular flexibility index (Phi) is 4.86. The van der Waals surface area contributed by atoms with Gasteiger partial charge >= 0.3 is 0 Å². The van der Waals surface area contributed by atoms with Crippen molar-refractivity contribution in [1.29, 1.82) is 0 Å². The normalized spacial score (nSPS) is 12.2. The minimum atomic E-state index is -0.108. The lowest BCUT2D eigenvalue weighted by Gasteiger charge is -2.11. The van der Waals surface area contributed by atoms with E-state index in [4.69, 9.17) is 4.74 Å². The Hall–Kier alpha value is -2.73. The van der Waals surface area contributed by atoms with E-state index in [9.17, 15) is 4.79 Å². The Morgan fingerprint density at radius 1 is 1.21 bits per heavy atom. The fourth-order valence-corrected chi connectivity index (χ4v) is 2.52. The molecule has 2 heterocycles. The molecule has 24 heavy (non-hydrogen) atoms. The molecule has 0 saturated carbocycles.